The molecule has 0 heterocycles. The molecule has 0 spiro atoms. The number of hydrogen-bond donors (Lipinski definition) is 4. The van der Waals surface area contributed by atoms with Crippen molar-refractivity contribution in [3.8, 4) is 23.0 Å². The van der Waals surface area contributed by atoms with Gasteiger partial charge in [-0.2, -0.15) is 0 Å². The van der Waals surface area contributed by atoms with Gasteiger partial charge in [-0.1, -0.05) is 42.5 Å². The molecule has 7 nitrogen and oxygen atoms in total. The SMILES string of the molecule is COCOc1c(O)cccc1C=CC(O)CC(O)C=Cc1ccc(OC)c(O)c1. The summed E-state index contributed by atoms with van der Waals surface area (Å²) in [4.78, 5) is 0. The number of para-hydroxylation sites is 1. The minimum Gasteiger partial charge on any atom is -0.504 e. The number of ether oxygens (including phenoxy) is 3. The Balaban J connectivity index is 1.97. The Morgan fingerprint density at radius 3 is 2.31 bits per heavy atom. The largest absolute Gasteiger partial charge is 0.504 e. The molecule has 2 unspecified atom stereocenters. The van der Waals surface area contributed by atoms with Crippen LogP contribution >= 0.6 is 0 Å². The third-order valence-electron chi connectivity index (χ3n) is 4.04. The van der Waals surface area contributed by atoms with Gasteiger partial charge in [0.15, 0.2) is 29.8 Å². The summed E-state index contributed by atoms with van der Waals surface area (Å²) in [5.74, 6) is 0.579. The normalized spacial score (nSPS) is 13.7. The number of benzene rings is 2. The summed E-state index contributed by atoms with van der Waals surface area (Å²) in [6.07, 6.45) is 4.54. The number of methoxy groups -OCH3 is 2. The first-order valence-electron chi connectivity index (χ1n) is 8.97. The number of phenols is 2. The second-order valence-corrected chi connectivity index (χ2v) is 6.27. The molecule has 0 fully saturated rings. The molecule has 2 aromatic carbocycles. The topological polar surface area (TPSA) is 109 Å². The Hall–Kier alpha value is -3.00. The molecular formula is C22H26O7. The van der Waals surface area contributed by atoms with Gasteiger partial charge in [-0.15, -0.1) is 0 Å². The highest BCUT2D eigenvalue weighted by Crippen LogP contribution is 2.31. The molecule has 0 aromatic heterocycles. The lowest BCUT2D eigenvalue weighted by Gasteiger charge is -2.11. The van der Waals surface area contributed by atoms with E-state index < -0.39 is 12.2 Å². The Morgan fingerprint density at radius 1 is 0.931 bits per heavy atom. The van der Waals surface area contributed by atoms with Crippen molar-refractivity contribution in [1.82, 2.24) is 0 Å². The first kappa shape index (κ1) is 22.3. The highest BCUT2D eigenvalue weighted by molar-refractivity contribution is 5.62. The molecule has 0 bridgehead atoms. The van der Waals surface area contributed by atoms with Crippen LogP contribution in [0.5, 0.6) is 23.0 Å². The van der Waals surface area contributed by atoms with E-state index in [4.69, 9.17) is 14.2 Å². The third kappa shape index (κ3) is 6.83. The summed E-state index contributed by atoms with van der Waals surface area (Å²) < 4.78 is 15.2. The fourth-order valence-electron chi connectivity index (χ4n) is 2.60. The highest BCUT2D eigenvalue weighted by atomic mass is 16.7. The van der Waals surface area contributed by atoms with Gasteiger partial charge in [-0.25, -0.2) is 0 Å². The van der Waals surface area contributed by atoms with Crippen LogP contribution in [0, 0.1) is 0 Å². The van der Waals surface area contributed by atoms with Gasteiger partial charge in [0.05, 0.1) is 19.3 Å². The van der Waals surface area contributed by atoms with E-state index in [9.17, 15) is 20.4 Å². The highest BCUT2D eigenvalue weighted by Gasteiger charge is 2.10. The second kappa shape index (κ2) is 11.1. The molecule has 2 aromatic rings. The van der Waals surface area contributed by atoms with Gasteiger partial charge in [0.2, 0.25) is 0 Å². The number of hydrogen-bond acceptors (Lipinski definition) is 7. The van der Waals surface area contributed by atoms with E-state index in [0.29, 0.717) is 16.9 Å². The zero-order chi connectivity index (χ0) is 21.2. The third-order valence-corrected chi connectivity index (χ3v) is 4.04. The van der Waals surface area contributed by atoms with Crippen molar-refractivity contribution in [3.05, 3.63) is 59.7 Å². The van der Waals surface area contributed by atoms with E-state index in [-0.39, 0.29) is 30.5 Å². The van der Waals surface area contributed by atoms with Crippen LogP contribution in [0.2, 0.25) is 0 Å². The smallest absolute Gasteiger partial charge is 0.188 e. The van der Waals surface area contributed by atoms with E-state index in [0.717, 1.165) is 0 Å². The monoisotopic (exact) mass is 402 g/mol. The van der Waals surface area contributed by atoms with Crippen LogP contribution < -0.4 is 9.47 Å². The van der Waals surface area contributed by atoms with Crippen molar-refractivity contribution in [2.45, 2.75) is 18.6 Å². The molecule has 4 N–H and O–H groups in total. The molecule has 0 aliphatic rings. The van der Waals surface area contributed by atoms with Crippen LogP contribution in [0.4, 0.5) is 0 Å². The Bertz CT molecular complexity index is 845. The zero-order valence-electron chi connectivity index (χ0n) is 16.4. The Labute approximate surface area is 169 Å². The van der Waals surface area contributed by atoms with Crippen molar-refractivity contribution in [1.29, 1.82) is 0 Å². The number of aliphatic hydroxyl groups is 2. The van der Waals surface area contributed by atoms with Crippen molar-refractivity contribution >= 4 is 12.2 Å². The lowest BCUT2D eigenvalue weighted by Crippen LogP contribution is -2.13. The summed E-state index contributed by atoms with van der Waals surface area (Å²) >= 11 is 0. The van der Waals surface area contributed by atoms with Crippen LogP contribution in [0.1, 0.15) is 17.5 Å². The zero-order valence-corrected chi connectivity index (χ0v) is 16.4. The van der Waals surface area contributed by atoms with Gasteiger partial charge in [-0.3, -0.25) is 0 Å². The quantitative estimate of drug-likeness (QED) is 0.453. The van der Waals surface area contributed by atoms with E-state index in [1.54, 1.807) is 36.4 Å². The fourth-order valence-corrected chi connectivity index (χ4v) is 2.60. The van der Waals surface area contributed by atoms with Crippen molar-refractivity contribution in [3.63, 3.8) is 0 Å². The number of rotatable bonds is 10. The maximum absolute atomic E-state index is 10.2. The first-order valence-corrected chi connectivity index (χ1v) is 8.97. The molecule has 0 radical (unpaired) electrons. The van der Waals surface area contributed by atoms with E-state index >= 15 is 0 Å². The van der Waals surface area contributed by atoms with Gasteiger partial charge in [0.25, 0.3) is 0 Å². The number of phenolic OH excluding ortho intramolecular Hbond substituents is 2. The fraction of sp³-hybridized carbons (Fsp3) is 0.273. The maximum atomic E-state index is 10.2. The predicted molar refractivity (Wildman–Crippen MR) is 110 cm³/mol. The Kier molecular flexibility index (Phi) is 8.54. The van der Waals surface area contributed by atoms with E-state index in [1.165, 1.54) is 38.5 Å². The van der Waals surface area contributed by atoms with Crippen molar-refractivity contribution < 1.29 is 34.6 Å². The lowest BCUT2D eigenvalue weighted by molar-refractivity contribution is 0.0490. The Morgan fingerprint density at radius 2 is 1.66 bits per heavy atom. The van der Waals surface area contributed by atoms with Crippen LogP contribution in [-0.2, 0) is 4.74 Å². The molecule has 0 aliphatic heterocycles. The van der Waals surface area contributed by atoms with Crippen LogP contribution in [0.15, 0.2) is 48.6 Å². The molecule has 0 saturated carbocycles. The average Bonchev–Trinajstić information content (AvgIpc) is 2.70. The van der Waals surface area contributed by atoms with Crippen molar-refractivity contribution in [2.75, 3.05) is 21.0 Å². The molecule has 2 atom stereocenters. The van der Waals surface area contributed by atoms with Gasteiger partial charge >= 0.3 is 0 Å². The summed E-state index contributed by atoms with van der Waals surface area (Å²) in [7, 11) is 2.94. The lowest BCUT2D eigenvalue weighted by atomic mass is 10.1. The summed E-state index contributed by atoms with van der Waals surface area (Å²) in [5, 5.41) is 40.0. The van der Waals surface area contributed by atoms with E-state index in [1.807, 2.05) is 0 Å². The molecule has 156 valence electrons. The van der Waals surface area contributed by atoms with E-state index in [2.05, 4.69) is 0 Å². The second-order valence-electron chi connectivity index (χ2n) is 6.27. The minimum atomic E-state index is -0.920. The molecule has 29 heavy (non-hydrogen) atoms. The summed E-state index contributed by atoms with van der Waals surface area (Å²) in [6.45, 7) is -0.0224. The summed E-state index contributed by atoms with van der Waals surface area (Å²) in [6, 6.07) is 9.74. The number of aliphatic hydroxyl groups excluding tert-OH is 2. The molecule has 0 saturated heterocycles. The first-order chi connectivity index (χ1) is 13.9. The van der Waals surface area contributed by atoms with Gasteiger partial charge in [0, 0.05) is 19.1 Å². The predicted octanol–water partition coefficient (Wildman–Crippen LogP) is 2.93. The van der Waals surface area contributed by atoms with Gasteiger partial charge in [-0.05, 0) is 23.8 Å². The standard InChI is InChI=1S/C22H26O7/c1-27-14-29-22-16(4-3-5-19(22)25)8-10-18(24)13-17(23)9-6-15-7-11-21(28-2)20(26)12-15/h3-12,17-18,23-26H,13-14H2,1-2H3. The summed E-state index contributed by atoms with van der Waals surface area (Å²) in [5.41, 5.74) is 1.26. The molecule has 0 aliphatic carbocycles. The van der Waals surface area contributed by atoms with Crippen LogP contribution in [0.3, 0.4) is 0 Å². The van der Waals surface area contributed by atoms with Crippen LogP contribution in [0.25, 0.3) is 12.2 Å². The average molecular weight is 402 g/mol. The molecule has 2 rings (SSSR count). The maximum Gasteiger partial charge on any atom is 0.188 e. The van der Waals surface area contributed by atoms with Crippen molar-refractivity contribution in [2.24, 2.45) is 0 Å². The minimum absolute atomic E-state index is 0.00437. The molecule has 7 heteroatoms. The van der Waals surface area contributed by atoms with Gasteiger partial charge < -0.3 is 34.6 Å². The number of aromatic hydroxyl groups is 2. The van der Waals surface area contributed by atoms with Gasteiger partial charge in [0.1, 0.15) is 0 Å². The van der Waals surface area contributed by atoms with Crippen LogP contribution in [-0.4, -0.2) is 53.6 Å². The molecular weight excluding hydrogens is 376 g/mol. The molecule has 0 amide bonds.